The molecule has 0 aliphatic carbocycles. The van der Waals surface area contributed by atoms with E-state index in [0.717, 1.165) is 11.3 Å². The van der Waals surface area contributed by atoms with Crippen LogP contribution in [0.5, 0.6) is 0 Å². The van der Waals surface area contributed by atoms with Gasteiger partial charge in [-0.3, -0.25) is 4.79 Å². The molecule has 0 aliphatic heterocycles. The van der Waals surface area contributed by atoms with Crippen LogP contribution in [0.3, 0.4) is 0 Å². The predicted octanol–water partition coefficient (Wildman–Crippen LogP) is 2.17. The maximum absolute atomic E-state index is 10.9. The van der Waals surface area contributed by atoms with Gasteiger partial charge in [0.15, 0.2) is 0 Å². The van der Waals surface area contributed by atoms with Crippen LogP contribution in [0, 0.1) is 5.92 Å². The Kier molecular flexibility index (Phi) is 4.35. The molecule has 0 fully saturated rings. The van der Waals surface area contributed by atoms with Crippen molar-refractivity contribution in [1.29, 1.82) is 0 Å². The third kappa shape index (κ3) is 3.57. The highest BCUT2D eigenvalue weighted by Gasteiger charge is 2.10. The van der Waals surface area contributed by atoms with Crippen molar-refractivity contribution in [3.05, 3.63) is 29.8 Å². The number of nitrogens with one attached hydrogen (secondary N) is 1. The quantitative estimate of drug-likeness (QED) is 0.799. The van der Waals surface area contributed by atoms with Crippen LogP contribution in [0.25, 0.3) is 0 Å². The van der Waals surface area contributed by atoms with Crippen molar-refractivity contribution in [3.63, 3.8) is 0 Å². The van der Waals surface area contributed by atoms with Crippen LogP contribution < -0.4 is 11.1 Å². The van der Waals surface area contributed by atoms with Crippen LogP contribution in [0.1, 0.15) is 26.3 Å². The number of amides is 1. The molecular weight excluding hydrogens is 200 g/mol. The Balaban J connectivity index is 2.82. The maximum atomic E-state index is 10.9. The number of primary amides is 1. The topological polar surface area (TPSA) is 55.1 Å². The smallest absolute Gasteiger partial charge is 0.221 e. The van der Waals surface area contributed by atoms with Gasteiger partial charge in [-0.1, -0.05) is 32.0 Å². The number of carbonyl (C=O) groups excluding carboxylic acids is 1. The molecule has 0 heterocycles. The summed E-state index contributed by atoms with van der Waals surface area (Å²) in [7, 11) is 0. The van der Waals surface area contributed by atoms with Gasteiger partial charge in [0.05, 0.1) is 6.42 Å². The normalized spacial score (nSPS) is 12.5. The number of para-hydroxylation sites is 1. The summed E-state index contributed by atoms with van der Waals surface area (Å²) < 4.78 is 0. The molecule has 0 aromatic heterocycles. The van der Waals surface area contributed by atoms with Crippen molar-refractivity contribution in [3.8, 4) is 0 Å². The van der Waals surface area contributed by atoms with Gasteiger partial charge in [0.2, 0.25) is 5.91 Å². The first kappa shape index (κ1) is 12.6. The summed E-state index contributed by atoms with van der Waals surface area (Å²) in [6.07, 6.45) is 0.286. The summed E-state index contributed by atoms with van der Waals surface area (Å²) in [6.45, 7) is 6.45. The Hall–Kier alpha value is -1.51. The minimum Gasteiger partial charge on any atom is -0.382 e. The van der Waals surface area contributed by atoms with E-state index >= 15 is 0 Å². The highest BCUT2D eigenvalue weighted by atomic mass is 16.1. The van der Waals surface area contributed by atoms with Gasteiger partial charge in [0.1, 0.15) is 0 Å². The molecule has 1 rings (SSSR count). The number of nitrogens with two attached hydrogens (primary N) is 1. The van der Waals surface area contributed by atoms with Gasteiger partial charge in [0, 0.05) is 11.7 Å². The number of hydrogen-bond acceptors (Lipinski definition) is 2. The largest absolute Gasteiger partial charge is 0.382 e. The molecule has 3 N–H and O–H groups in total. The Morgan fingerprint density at radius 1 is 1.31 bits per heavy atom. The number of anilines is 1. The molecule has 3 heteroatoms. The van der Waals surface area contributed by atoms with Gasteiger partial charge in [-0.25, -0.2) is 0 Å². The molecular formula is C13H20N2O. The molecule has 1 aromatic carbocycles. The summed E-state index contributed by atoms with van der Waals surface area (Å²) >= 11 is 0. The first-order chi connectivity index (χ1) is 7.50. The molecule has 3 nitrogen and oxygen atoms in total. The van der Waals surface area contributed by atoms with E-state index in [9.17, 15) is 4.79 Å². The predicted molar refractivity (Wildman–Crippen MR) is 67.3 cm³/mol. The highest BCUT2D eigenvalue weighted by Crippen LogP contribution is 2.18. The SMILES string of the molecule is CC(C)C(C)Nc1ccccc1CC(N)=O. The Morgan fingerprint density at radius 3 is 2.50 bits per heavy atom. The molecule has 0 saturated heterocycles. The molecule has 0 bridgehead atoms. The summed E-state index contributed by atoms with van der Waals surface area (Å²) in [5.74, 6) is 0.244. The fraction of sp³-hybridized carbons (Fsp3) is 0.462. The van der Waals surface area contributed by atoms with E-state index < -0.39 is 0 Å². The summed E-state index contributed by atoms with van der Waals surface area (Å²) in [5, 5.41) is 3.41. The number of rotatable bonds is 5. The van der Waals surface area contributed by atoms with E-state index in [1.54, 1.807) is 0 Å². The average molecular weight is 220 g/mol. The Bertz CT molecular complexity index is 361. The first-order valence-electron chi connectivity index (χ1n) is 5.63. The minimum atomic E-state index is -0.300. The maximum Gasteiger partial charge on any atom is 0.221 e. The fourth-order valence-electron chi connectivity index (χ4n) is 1.41. The molecule has 16 heavy (non-hydrogen) atoms. The molecule has 0 saturated carbocycles. The van der Waals surface area contributed by atoms with Crippen molar-refractivity contribution < 1.29 is 4.79 Å². The molecule has 88 valence electrons. The van der Waals surface area contributed by atoms with Crippen molar-refractivity contribution >= 4 is 11.6 Å². The number of hydrogen-bond donors (Lipinski definition) is 2. The van der Waals surface area contributed by atoms with Crippen LogP contribution in [0.4, 0.5) is 5.69 Å². The van der Waals surface area contributed by atoms with Crippen LogP contribution in [-0.4, -0.2) is 11.9 Å². The molecule has 0 radical (unpaired) electrons. The van der Waals surface area contributed by atoms with E-state index in [-0.39, 0.29) is 12.3 Å². The van der Waals surface area contributed by atoms with E-state index in [1.165, 1.54) is 0 Å². The Labute approximate surface area is 97.0 Å². The summed E-state index contributed by atoms with van der Waals surface area (Å²) in [4.78, 5) is 10.9. The van der Waals surface area contributed by atoms with Crippen molar-refractivity contribution in [2.45, 2.75) is 33.2 Å². The van der Waals surface area contributed by atoms with Gasteiger partial charge in [0.25, 0.3) is 0 Å². The molecule has 0 spiro atoms. The van der Waals surface area contributed by atoms with Crippen LogP contribution in [-0.2, 0) is 11.2 Å². The third-order valence-electron chi connectivity index (χ3n) is 2.77. The zero-order valence-electron chi connectivity index (χ0n) is 10.2. The lowest BCUT2D eigenvalue weighted by Gasteiger charge is -2.20. The van der Waals surface area contributed by atoms with Gasteiger partial charge in [-0.05, 0) is 24.5 Å². The van der Waals surface area contributed by atoms with Gasteiger partial charge >= 0.3 is 0 Å². The fourth-order valence-corrected chi connectivity index (χ4v) is 1.41. The minimum absolute atomic E-state index is 0.286. The van der Waals surface area contributed by atoms with E-state index in [4.69, 9.17) is 5.73 Å². The highest BCUT2D eigenvalue weighted by molar-refractivity contribution is 5.78. The second kappa shape index (κ2) is 5.54. The van der Waals surface area contributed by atoms with Crippen LogP contribution in [0.2, 0.25) is 0 Å². The number of carbonyl (C=O) groups is 1. The lowest BCUT2D eigenvalue weighted by Crippen LogP contribution is -2.23. The zero-order valence-corrected chi connectivity index (χ0v) is 10.2. The average Bonchev–Trinajstić information content (AvgIpc) is 2.20. The molecule has 1 aromatic rings. The molecule has 1 amide bonds. The van der Waals surface area contributed by atoms with Gasteiger partial charge < -0.3 is 11.1 Å². The third-order valence-corrected chi connectivity index (χ3v) is 2.77. The lowest BCUT2D eigenvalue weighted by molar-refractivity contribution is -0.117. The van der Waals surface area contributed by atoms with Crippen LogP contribution >= 0.6 is 0 Å². The monoisotopic (exact) mass is 220 g/mol. The second-order valence-corrected chi connectivity index (χ2v) is 4.48. The molecule has 1 unspecified atom stereocenters. The summed E-state index contributed by atoms with van der Waals surface area (Å²) in [5.41, 5.74) is 7.18. The van der Waals surface area contributed by atoms with Gasteiger partial charge in [-0.15, -0.1) is 0 Å². The Morgan fingerprint density at radius 2 is 1.94 bits per heavy atom. The summed E-state index contributed by atoms with van der Waals surface area (Å²) in [6, 6.07) is 8.16. The van der Waals surface area contributed by atoms with Crippen molar-refractivity contribution in [2.75, 3.05) is 5.32 Å². The molecule has 0 aliphatic rings. The van der Waals surface area contributed by atoms with Crippen LogP contribution in [0.15, 0.2) is 24.3 Å². The second-order valence-electron chi connectivity index (χ2n) is 4.48. The standard InChI is InChI=1S/C13H20N2O/c1-9(2)10(3)15-12-7-5-4-6-11(12)8-13(14)16/h4-7,9-10,15H,8H2,1-3H3,(H2,14,16). The zero-order chi connectivity index (χ0) is 12.1. The number of benzene rings is 1. The van der Waals surface area contributed by atoms with E-state index in [1.807, 2.05) is 24.3 Å². The molecule has 1 atom stereocenters. The first-order valence-corrected chi connectivity index (χ1v) is 5.63. The van der Waals surface area contributed by atoms with Crippen molar-refractivity contribution in [2.24, 2.45) is 11.7 Å². The van der Waals surface area contributed by atoms with Gasteiger partial charge in [-0.2, -0.15) is 0 Å². The van der Waals surface area contributed by atoms with Crippen molar-refractivity contribution in [1.82, 2.24) is 0 Å². The van der Waals surface area contributed by atoms with E-state index in [0.29, 0.717) is 12.0 Å². The van der Waals surface area contributed by atoms with E-state index in [2.05, 4.69) is 26.1 Å². The lowest BCUT2D eigenvalue weighted by atomic mass is 10.0.